The molecule has 0 saturated heterocycles. The first kappa shape index (κ1) is 12.0. The van der Waals surface area contributed by atoms with E-state index in [1.54, 1.807) is 25.2 Å². The molecule has 0 aliphatic heterocycles. The summed E-state index contributed by atoms with van der Waals surface area (Å²) in [5.74, 6) is -0.994. The smallest absolute Gasteiger partial charge is 0.328 e. The maximum atomic E-state index is 10.5. The van der Waals surface area contributed by atoms with E-state index in [1.165, 1.54) is 0 Å². The van der Waals surface area contributed by atoms with Gasteiger partial charge in [0.05, 0.1) is 5.54 Å². The average Bonchev–Trinajstić information content (AvgIpc) is 2.12. The van der Waals surface area contributed by atoms with Gasteiger partial charge in [-0.25, -0.2) is 4.79 Å². The number of rotatable bonds is 2. The van der Waals surface area contributed by atoms with Gasteiger partial charge in [-0.3, -0.25) is 0 Å². The van der Waals surface area contributed by atoms with Gasteiger partial charge in [-0.2, -0.15) is 0 Å². The molecule has 0 bridgehead atoms. The molecule has 0 radical (unpaired) electrons. The predicted molar refractivity (Wildman–Crippen MR) is 60.6 cm³/mol. The molecule has 0 fully saturated rings. The molecule has 1 aliphatic carbocycles. The highest BCUT2D eigenvalue weighted by Crippen LogP contribution is 2.41. The number of carboxylic acids is 1. The Balaban J connectivity index is 3.09. The van der Waals surface area contributed by atoms with Gasteiger partial charge >= 0.3 is 5.97 Å². The van der Waals surface area contributed by atoms with Gasteiger partial charge in [-0.1, -0.05) is 36.8 Å². The molecule has 0 amide bonds. The average molecular weight is 228 g/mol. The van der Waals surface area contributed by atoms with E-state index in [0.29, 0.717) is 5.03 Å². The van der Waals surface area contributed by atoms with Crippen molar-refractivity contribution in [3.8, 4) is 0 Å². The lowest BCUT2D eigenvalue weighted by molar-refractivity contribution is -0.131. The van der Waals surface area contributed by atoms with E-state index in [1.807, 2.05) is 13.0 Å². The van der Waals surface area contributed by atoms with Gasteiger partial charge in [0.2, 0.25) is 0 Å². The van der Waals surface area contributed by atoms with Gasteiger partial charge in [0.25, 0.3) is 0 Å². The van der Waals surface area contributed by atoms with Crippen LogP contribution in [0.1, 0.15) is 13.8 Å². The Kier molecular flexibility index (Phi) is 3.07. The zero-order valence-electron chi connectivity index (χ0n) is 8.70. The Morgan fingerprint density at radius 3 is 2.73 bits per heavy atom. The molecule has 3 nitrogen and oxygen atoms in total. The summed E-state index contributed by atoms with van der Waals surface area (Å²) in [5, 5.41) is 9.11. The zero-order chi connectivity index (χ0) is 11.7. The van der Waals surface area contributed by atoms with Crippen molar-refractivity contribution in [1.29, 1.82) is 0 Å². The van der Waals surface area contributed by atoms with Crippen LogP contribution in [0, 0.1) is 5.41 Å². The van der Waals surface area contributed by atoms with Gasteiger partial charge in [-0.05, 0) is 13.0 Å². The molecular weight excluding hydrogens is 214 g/mol. The lowest BCUT2D eigenvalue weighted by Gasteiger charge is -2.41. The number of nitrogens with two attached hydrogens (primary N) is 1. The first-order chi connectivity index (χ1) is 6.79. The summed E-state index contributed by atoms with van der Waals surface area (Å²) in [6.45, 7) is 3.62. The molecule has 3 N–H and O–H groups in total. The Morgan fingerprint density at radius 1 is 1.60 bits per heavy atom. The minimum Gasteiger partial charge on any atom is -0.478 e. The van der Waals surface area contributed by atoms with Crippen molar-refractivity contribution >= 4 is 17.6 Å². The van der Waals surface area contributed by atoms with Crippen LogP contribution in [-0.4, -0.2) is 16.6 Å². The summed E-state index contributed by atoms with van der Waals surface area (Å²) < 4.78 is 0. The van der Waals surface area contributed by atoms with Crippen LogP contribution < -0.4 is 5.73 Å². The van der Waals surface area contributed by atoms with E-state index < -0.39 is 16.9 Å². The minimum absolute atomic E-state index is 0.516. The molecule has 1 rings (SSSR count). The molecule has 0 heterocycles. The lowest BCUT2D eigenvalue weighted by atomic mass is 9.69. The molecule has 1 aliphatic rings. The Hall–Kier alpha value is -1.06. The van der Waals surface area contributed by atoms with Crippen molar-refractivity contribution in [3.05, 3.63) is 35.4 Å². The number of allylic oxidation sites excluding steroid dienone is 2. The SMILES string of the molecule is CC1(C=CC(=O)O)C=CC=C(Cl)C1(C)N. The van der Waals surface area contributed by atoms with E-state index in [4.69, 9.17) is 22.4 Å². The fourth-order valence-electron chi connectivity index (χ4n) is 1.41. The third kappa shape index (κ3) is 2.13. The summed E-state index contributed by atoms with van der Waals surface area (Å²) in [6, 6.07) is 0. The van der Waals surface area contributed by atoms with Gasteiger partial charge in [0.1, 0.15) is 0 Å². The molecule has 82 valence electrons. The van der Waals surface area contributed by atoms with Gasteiger partial charge in [0.15, 0.2) is 0 Å². The lowest BCUT2D eigenvalue weighted by Crippen LogP contribution is -2.51. The number of carbonyl (C=O) groups is 1. The fraction of sp³-hybridized carbons (Fsp3) is 0.364. The van der Waals surface area contributed by atoms with Crippen molar-refractivity contribution in [1.82, 2.24) is 0 Å². The number of hydrogen-bond donors (Lipinski definition) is 2. The highest BCUT2D eigenvalue weighted by Gasteiger charge is 2.41. The van der Waals surface area contributed by atoms with Crippen LogP contribution in [0.15, 0.2) is 35.4 Å². The topological polar surface area (TPSA) is 63.3 Å². The number of aliphatic carboxylic acids is 1. The van der Waals surface area contributed by atoms with Crippen LogP contribution >= 0.6 is 11.6 Å². The van der Waals surface area contributed by atoms with Crippen LogP contribution in [0.25, 0.3) is 0 Å². The quantitative estimate of drug-likeness (QED) is 0.710. The largest absolute Gasteiger partial charge is 0.478 e. The second kappa shape index (κ2) is 3.83. The molecule has 2 unspecified atom stereocenters. The van der Waals surface area contributed by atoms with Crippen molar-refractivity contribution in [2.75, 3.05) is 0 Å². The first-order valence-electron chi connectivity index (χ1n) is 4.56. The third-order valence-electron chi connectivity index (χ3n) is 2.87. The van der Waals surface area contributed by atoms with Gasteiger partial charge < -0.3 is 10.8 Å². The maximum absolute atomic E-state index is 10.5. The second-order valence-electron chi connectivity index (χ2n) is 4.03. The molecule has 0 aromatic carbocycles. The summed E-state index contributed by atoms with van der Waals surface area (Å²) in [6.07, 6.45) is 7.99. The van der Waals surface area contributed by atoms with E-state index in [9.17, 15) is 4.79 Å². The fourth-order valence-corrected chi connectivity index (χ4v) is 1.69. The molecule has 0 saturated carbocycles. The monoisotopic (exact) mass is 227 g/mol. The van der Waals surface area contributed by atoms with Crippen LogP contribution in [-0.2, 0) is 4.79 Å². The van der Waals surface area contributed by atoms with E-state index in [-0.39, 0.29) is 0 Å². The van der Waals surface area contributed by atoms with E-state index in [0.717, 1.165) is 6.08 Å². The van der Waals surface area contributed by atoms with Gasteiger partial charge in [0, 0.05) is 16.5 Å². The molecule has 15 heavy (non-hydrogen) atoms. The number of carboxylic acid groups (broad SMARTS) is 1. The highest BCUT2D eigenvalue weighted by molar-refractivity contribution is 6.31. The summed E-state index contributed by atoms with van der Waals surface area (Å²) >= 11 is 6.01. The molecule has 2 atom stereocenters. The van der Waals surface area contributed by atoms with Crippen LogP contribution in [0.5, 0.6) is 0 Å². The molecule has 0 aromatic heterocycles. The van der Waals surface area contributed by atoms with Crippen LogP contribution in [0.4, 0.5) is 0 Å². The van der Waals surface area contributed by atoms with Crippen molar-refractivity contribution in [2.45, 2.75) is 19.4 Å². The Labute approximate surface area is 93.9 Å². The number of hydrogen-bond acceptors (Lipinski definition) is 2. The molecule has 0 aromatic rings. The van der Waals surface area contributed by atoms with Crippen molar-refractivity contribution < 1.29 is 9.90 Å². The van der Waals surface area contributed by atoms with Crippen LogP contribution in [0.3, 0.4) is 0 Å². The first-order valence-corrected chi connectivity index (χ1v) is 4.94. The predicted octanol–water partition coefficient (Wildman–Crippen LogP) is 2.04. The Morgan fingerprint density at radius 2 is 2.20 bits per heavy atom. The van der Waals surface area contributed by atoms with E-state index >= 15 is 0 Å². The second-order valence-corrected chi connectivity index (χ2v) is 4.44. The highest BCUT2D eigenvalue weighted by atomic mass is 35.5. The number of halogens is 1. The van der Waals surface area contributed by atoms with Crippen LogP contribution in [0.2, 0.25) is 0 Å². The van der Waals surface area contributed by atoms with E-state index in [2.05, 4.69) is 0 Å². The molecule has 0 spiro atoms. The Bertz CT molecular complexity index is 369. The third-order valence-corrected chi connectivity index (χ3v) is 3.39. The van der Waals surface area contributed by atoms with Crippen molar-refractivity contribution in [2.24, 2.45) is 11.1 Å². The summed E-state index contributed by atoms with van der Waals surface area (Å²) in [5.41, 5.74) is 4.72. The minimum atomic E-state index is -0.994. The van der Waals surface area contributed by atoms with Gasteiger partial charge in [-0.15, -0.1) is 0 Å². The molecular formula is C11H14ClNO2. The molecule has 4 heteroatoms. The normalized spacial score (nSPS) is 35.6. The summed E-state index contributed by atoms with van der Waals surface area (Å²) in [7, 11) is 0. The standard InChI is InChI=1S/C11H14ClNO2/c1-10(7-5-9(14)15)6-3-4-8(12)11(10,2)13/h3-7H,13H2,1-2H3,(H,14,15). The maximum Gasteiger partial charge on any atom is 0.328 e. The summed E-state index contributed by atoms with van der Waals surface area (Å²) in [4.78, 5) is 10.5. The zero-order valence-corrected chi connectivity index (χ0v) is 9.45. The van der Waals surface area contributed by atoms with Crippen molar-refractivity contribution in [3.63, 3.8) is 0 Å².